The molecule has 0 aliphatic rings. The van der Waals surface area contributed by atoms with Gasteiger partial charge in [0.2, 0.25) is 0 Å². The smallest absolute Gasteiger partial charge is 0.335 e. The summed E-state index contributed by atoms with van der Waals surface area (Å²) in [5.74, 6) is -0.942. The molecule has 0 amide bonds. The molecule has 0 atom stereocenters. The number of nitrogen functional groups attached to an aromatic ring is 1. The van der Waals surface area contributed by atoms with Crippen LogP contribution in [0.25, 0.3) is 0 Å². The number of methoxy groups -OCH3 is 1. The molecule has 0 unspecified atom stereocenters. The standard InChI is InChI=1S/C15H24N2O3/c1-4-12(5-2)17(8-9-20-3)14-10-11(15(18)19)6-7-13(14)16/h6-7,10,12H,4-5,8-9,16H2,1-3H3,(H,18,19). The van der Waals surface area contributed by atoms with Gasteiger partial charge >= 0.3 is 5.97 Å². The average molecular weight is 280 g/mol. The Balaban J connectivity index is 3.17. The molecule has 0 saturated heterocycles. The van der Waals surface area contributed by atoms with Gasteiger partial charge in [-0.25, -0.2) is 4.79 Å². The molecule has 0 fully saturated rings. The number of carbonyl (C=O) groups is 1. The summed E-state index contributed by atoms with van der Waals surface area (Å²) in [6.07, 6.45) is 1.94. The highest BCUT2D eigenvalue weighted by Gasteiger charge is 2.19. The zero-order valence-electron chi connectivity index (χ0n) is 12.4. The molecule has 0 spiro atoms. The maximum Gasteiger partial charge on any atom is 0.335 e. The molecule has 0 radical (unpaired) electrons. The molecular formula is C15H24N2O3. The molecule has 20 heavy (non-hydrogen) atoms. The van der Waals surface area contributed by atoms with Crippen molar-refractivity contribution in [3.8, 4) is 0 Å². The van der Waals surface area contributed by atoms with Crippen LogP contribution in [-0.2, 0) is 4.74 Å². The Morgan fingerprint density at radius 1 is 1.40 bits per heavy atom. The summed E-state index contributed by atoms with van der Waals surface area (Å²) in [5, 5.41) is 9.13. The van der Waals surface area contributed by atoms with Gasteiger partial charge < -0.3 is 20.5 Å². The number of benzene rings is 1. The van der Waals surface area contributed by atoms with Crippen molar-refractivity contribution in [2.45, 2.75) is 32.7 Å². The van der Waals surface area contributed by atoms with Crippen molar-refractivity contribution < 1.29 is 14.6 Å². The first-order valence-corrected chi connectivity index (χ1v) is 6.93. The number of nitrogens with two attached hydrogens (primary N) is 1. The minimum absolute atomic E-state index is 0.252. The summed E-state index contributed by atoms with van der Waals surface area (Å²) < 4.78 is 5.15. The van der Waals surface area contributed by atoms with E-state index < -0.39 is 5.97 Å². The van der Waals surface area contributed by atoms with Crippen LogP contribution >= 0.6 is 0 Å². The van der Waals surface area contributed by atoms with E-state index in [0.29, 0.717) is 24.9 Å². The molecule has 5 heteroatoms. The van der Waals surface area contributed by atoms with Crippen LogP contribution < -0.4 is 10.6 Å². The molecule has 1 aromatic rings. The number of nitrogens with zero attached hydrogens (tertiary/aromatic N) is 1. The lowest BCUT2D eigenvalue weighted by Gasteiger charge is -2.33. The van der Waals surface area contributed by atoms with E-state index in [2.05, 4.69) is 18.7 Å². The van der Waals surface area contributed by atoms with Crippen molar-refractivity contribution in [1.82, 2.24) is 0 Å². The predicted octanol–water partition coefficient (Wildman–Crippen LogP) is 2.61. The molecule has 0 aliphatic carbocycles. The summed E-state index contributed by atoms with van der Waals surface area (Å²) in [6, 6.07) is 5.14. The number of carboxylic acid groups (broad SMARTS) is 1. The second-order valence-electron chi connectivity index (χ2n) is 4.74. The fourth-order valence-electron chi connectivity index (χ4n) is 2.34. The Kier molecular flexibility index (Phi) is 6.31. The summed E-state index contributed by atoms with van der Waals surface area (Å²) >= 11 is 0. The molecule has 1 aromatic carbocycles. The van der Waals surface area contributed by atoms with Gasteiger partial charge in [-0.1, -0.05) is 13.8 Å². The van der Waals surface area contributed by atoms with Gasteiger partial charge in [0.25, 0.3) is 0 Å². The van der Waals surface area contributed by atoms with E-state index in [1.807, 2.05) is 0 Å². The van der Waals surface area contributed by atoms with Gasteiger partial charge in [0.1, 0.15) is 0 Å². The minimum Gasteiger partial charge on any atom is -0.478 e. The highest BCUT2D eigenvalue weighted by atomic mass is 16.5. The molecule has 1 rings (SSSR count). The van der Waals surface area contributed by atoms with Crippen LogP contribution in [0, 0.1) is 0 Å². The number of ether oxygens (including phenoxy) is 1. The topological polar surface area (TPSA) is 75.8 Å². The lowest BCUT2D eigenvalue weighted by atomic mass is 10.1. The number of rotatable bonds is 8. The fraction of sp³-hybridized carbons (Fsp3) is 0.533. The van der Waals surface area contributed by atoms with Crippen molar-refractivity contribution in [2.24, 2.45) is 0 Å². The van der Waals surface area contributed by atoms with Crippen LogP contribution in [0.1, 0.15) is 37.0 Å². The summed E-state index contributed by atoms with van der Waals surface area (Å²) in [7, 11) is 1.65. The van der Waals surface area contributed by atoms with Gasteiger partial charge in [-0.05, 0) is 31.0 Å². The predicted molar refractivity (Wildman–Crippen MR) is 81.4 cm³/mol. The zero-order chi connectivity index (χ0) is 15.1. The lowest BCUT2D eigenvalue weighted by molar-refractivity contribution is 0.0697. The number of hydrogen-bond donors (Lipinski definition) is 2. The third kappa shape index (κ3) is 3.87. The van der Waals surface area contributed by atoms with Gasteiger partial charge in [-0.2, -0.15) is 0 Å². The van der Waals surface area contributed by atoms with E-state index >= 15 is 0 Å². The monoisotopic (exact) mass is 280 g/mol. The largest absolute Gasteiger partial charge is 0.478 e. The van der Waals surface area contributed by atoms with Crippen molar-refractivity contribution in [3.05, 3.63) is 23.8 Å². The van der Waals surface area contributed by atoms with Crippen LogP contribution in [0.5, 0.6) is 0 Å². The van der Waals surface area contributed by atoms with Crippen LogP contribution in [0.2, 0.25) is 0 Å². The third-order valence-electron chi connectivity index (χ3n) is 3.51. The average Bonchev–Trinajstić information content (AvgIpc) is 2.44. The van der Waals surface area contributed by atoms with Crippen molar-refractivity contribution in [1.29, 1.82) is 0 Å². The Morgan fingerprint density at radius 3 is 2.55 bits per heavy atom. The third-order valence-corrected chi connectivity index (χ3v) is 3.51. The normalized spacial score (nSPS) is 10.8. The maximum atomic E-state index is 11.1. The second-order valence-corrected chi connectivity index (χ2v) is 4.74. The van der Waals surface area contributed by atoms with E-state index in [1.165, 1.54) is 6.07 Å². The molecule has 0 aromatic heterocycles. The highest BCUT2D eigenvalue weighted by molar-refractivity contribution is 5.90. The Bertz CT molecular complexity index is 445. The SMILES string of the molecule is CCC(CC)N(CCOC)c1cc(C(=O)O)ccc1N. The molecule has 0 bridgehead atoms. The second kappa shape index (κ2) is 7.75. The van der Waals surface area contributed by atoms with E-state index in [4.69, 9.17) is 15.6 Å². The summed E-state index contributed by atoms with van der Waals surface area (Å²) in [4.78, 5) is 13.3. The van der Waals surface area contributed by atoms with Gasteiger partial charge in [-0.15, -0.1) is 0 Å². The van der Waals surface area contributed by atoms with Gasteiger partial charge in [0, 0.05) is 19.7 Å². The fourth-order valence-corrected chi connectivity index (χ4v) is 2.34. The Hall–Kier alpha value is -1.75. The Labute approximate surface area is 120 Å². The quantitative estimate of drug-likeness (QED) is 0.716. The van der Waals surface area contributed by atoms with Crippen molar-refractivity contribution in [2.75, 3.05) is 30.9 Å². The van der Waals surface area contributed by atoms with E-state index in [9.17, 15) is 4.79 Å². The molecule has 5 nitrogen and oxygen atoms in total. The van der Waals surface area contributed by atoms with Crippen LogP contribution in [0.4, 0.5) is 11.4 Å². The number of hydrogen-bond acceptors (Lipinski definition) is 4. The van der Waals surface area contributed by atoms with E-state index in [1.54, 1.807) is 19.2 Å². The van der Waals surface area contributed by atoms with Crippen molar-refractivity contribution in [3.63, 3.8) is 0 Å². The Morgan fingerprint density at radius 2 is 2.05 bits per heavy atom. The van der Waals surface area contributed by atoms with Crippen LogP contribution in [-0.4, -0.2) is 37.4 Å². The van der Waals surface area contributed by atoms with Gasteiger partial charge in [-0.3, -0.25) is 0 Å². The van der Waals surface area contributed by atoms with E-state index in [0.717, 1.165) is 18.5 Å². The minimum atomic E-state index is -0.942. The molecule has 0 heterocycles. The summed E-state index contributed by atoms with van der Waals surface area (Å²) in [6.45, 7) is 5.50. The first kappa shape index (κ1) is 16.3. The number of anilines is 2. The lowest BCUT2D eigenvalue weighted by Crippen LogP contribution is -2.37. The molecule has 0 saturated carbocycles. The molecular weight excluding hydrogens is 256 g/mol. The number of carboxylic acids is 1. The van der Waals surface area contributed by atoms with E-state index in [-0.39, 0.29) is 5.56 Å². The first-order valence-electron chi connectivity index (χ1n) is 6.93. The molecule has 112 valence electrons. The first-order chi connectivity index (χ1) is 9.54. The maximum absolute atomic E-state index is 11.1. The van der Waals surface area contributed by atoms with Gasteiger partial charge in [0.05, 0.1) is 23.5 Å². The summed E-state index contributed by atoms with van der Waals surface area (Å²) in [5.41, 5.74) is 7.66. The van der Waals surface area contributed by atoms with Crippen LogP contribution in [0.3, 0.4) is 0 Å². The number of aromatic carboxylic acids is 1. The van der Waals surface area contributed by atoms with Gasteiger partial charge in [0.15, 0.2) is 0 Å². The van der Waals surface area contributed by atoms with Crippen molar-refractivity contribution >= 4 is 17.3 Å². The molecule has 0 aliphatic heterocycles. The highest BCUT2D eigenvalue weighted by Crippen LogP contribution is 2.28. The van der Waals surface area contributed by atoms with Crippen LogP contribution in [0.15, 0.2) is 18.2 Å². The molecule has 3 N–H and O–H groups in total. The zero-order valence-corrected chi connectivity index (χ0v) is 12.4.